The summed E-state index contributed by atoms with van der Waals surface area (Å²) in [6, 6.07) is 2.23. The van der Waals surface area contributed by atoms with Gasteiger partial charge >= 0.3 is 6.18 Å². The second-order valence-corrected chi connectivity index (χ2v) is 5.52. The largest absolute Gasteiger partial charge is 0.419 e. The Kier molecular flexibility index (Phi) is 4.71. The monoisotopic (exact) mass is 314 g/mol. The number of carbonyl (C=O) groups is 1. The van der Waals surface area contributed by atoms with Crippen LogP contribution in [0.2, 0.25) is 0 Å². The Hall–Kier alpha value is -1.68. The first kappa shape index (κ1) is 16.4. The molecule has 112 valence electrons. The summed E-state index contributed by atoms with van der Waals surface area (Å²) in [5.74, 6) is -3.48. The number of sulfonamides is 1. The van der Waals surface area contributed by atoms with Gasteiger partial charge in [-0.1, -0.05) is 6.07 Å². The molecule has 0 bridgehead atoms. The van der Waals surface area contributed by atoms with E-state index >= 15 is 0 Å². The van der Waals surface area contributed by atoms with Gasteiger partial charge in [0.05, 0.1) is 16.9 Å². The lowest BCUT2D eigenvalue weighted by Crippen LogP contribution is -2.32. The van der Waals surface area contributed by atoms with Gasteiger partial charge in [-0.3, -0.25) is 4.79 Å². The minimum Gasteiger partial charge on any atom is -0.351 e. The zero-order valence-corrected chi connectivity index (χ0v) is 10.7. The average Bonchev–Trinajstić information content (AvgIpc) is 2.25. The number of hydrogen-bond acceptors (Lipinski definition) is 3. The highest BCUT2D eigenvalue weighted by Gasteiger charge is 2.35. The van der Waals surface area contributed by atoms with Crippen LogP contribution in [-0.2, 0) is 16.2 Å². The molecule has 1 aromatic carbocycles. The van der Waals surface area contributed by atoms with Crippen molar-refractivity contribution in [3.63, 3.8) is 0 Å². The van der Waals surface area contributed by atoms with Crippen LogP contribution in [0.25, 0.3) is 0 Å². The standard InChI is InChI=1S/C10H10F4N2O3S/c11-8-6(2-1-3-7(8)10(12,13)14)9(17)16-4-5-20(15,18)19/h1-3H,4-5H2,(H,16,17)(H2,15,18,19). The van der Waals surface area contributed by atoms with E-state index < -0.39 is 51.3 Å². The summed E-state index contributed by atoms with van der Waals surface area (Å²) in [4.78, 5) is 11.5. The molecule has 1 amide bonds. The van der Waals surface area contributed by atoms with Gasteiger partial charge < -0.3 is 5.32 Å². The third kappa shape index (κ3) is 4.46. The first-order chi connectivity index (χ1) is 9.02. The number of amides is 1. The molecule has 0 saturated carbocycles. The van der Waals surface area contributed by atoms with Crippen molar-refractivity contribution in [2.75, 3.05) is 12.3 Å². The molecule has 5 nitrogen and oxygen atoms in total. The fraction of sp³-hybridized carbons (Fsp3) is 0.300. The predicted molar refractivity (Wildman–Crippen MR) is 61.7 cm³/mol. The second-order valence-electron chi connectivity index (χ2n) is 3.79. The van der Waals surface area contributed by atoms with Crippen LogP contribution in [0.1, 0.15) is 15.9 Å². The number of rotatable bonds is 4. The van der Waals surface area contributed by atoms with Crippen molar-refractivity contribution in [3.05, 3.63) is 35.1 Å². The summed E-state index contributed by atoms with van der Waals surface area (Å²) in [6.07, 6.45) is -4.93. The molecule has 1 aromatic rings. The highest BCUT2D eigenvalue weighted by atomic mass is 32.2. The average molecular weight is 314 g/mol. The van der Waals surface area contributed by atoms with Gasteiger partial charge in [0.1, 0.15) is 5.82 Å². The lowest BCUT2D eigenvalue weighted by atomic mass is 10.1. The van der Waals surface area contributed by atoms with E-state index in [9.17, 15) is 30.8 Å². The van der Waals surface area contributed by atoms with E-state index in [1.807, 2.05) is 5.32 Å². The number of halogens is 4. The summed E-state index contributed by atoms with van der Waals surface area (Å²) in [5, 5.41) is 6.64. The van der Waals surface area contributed by atoms with Crippen LogP contribution >= 0.6 is 0 Å². The normalized spacial score (nSPS) is 12.2. The Balaban J connectivity index is 2.90. The van der Waals surface area contributed by atoms with Gasteiger partial charge in [-0.25, -0.2) is 17.9 Å². The number of benzene rings is 1. The van der Waals surface area contributed by atoms with Crippen molar-refractivity contribution in [1.82, 2.24) is 5.32 Å². The van der Waals surface area contributed by atoms with E-state index in [4.69, 9.17) is 0 Å². The molecule has 20 heavy (non-hydrogen) atoms. The summed E-state index contributed by atoms with van der Waals surface area (Å²) < 4.78 is 72.1. The van der Waals surface area contributed by atoms with Crippen molar-refractivity contribution in [2.45, 2.75) is 6.18 Å². The molecular weight excluding hydrogens is 304 g/mol. The Morgan fingerprint density at radius 3 is 2.40 bits per heavy atom. The fourth-order valence-corrected chi connectivity index (χ4v) is 1.71. The molecule has 0 spiro atoms. The first-order valence-electron chi connectivity index (χ1n) is 5.17. The van der Waals surface area contributed by atoms with Crippen molar-refractivity contribution in [3.8, 4) is 0 Å². The molecule has 0 unspecified atom stereocenters. The Labute approximate surface area is 111 Å². The highest BCUT2D eigenvalue weighted by molar-refractivity contribution is 7.89. The molecule has 3 N–H and O–H groups in total. The van der Waals surface area contributed by atoms with Crippen molar-refractivity contribution >= 4 is 15.9 Å². The fourth-order valence-electron chi connectivity index (χ4n) is 1.33. The number of nitrogens with one attached hydrogen (secondary N) is 1. The van der Waals surface area contributed by atoms with E-state index in [-0.39, 0.29) is 0 Å². The van der Waals surface area contributed by atoms with Gasteiger partial charge in [0, 0.05) is 6.54 Å². The Morgan fingerprint density at radius 1 is 1.30 bits per heavy atom. The predicted octanol–water partition coefficient (Wildman–Crippen LogP) is 0.863. The quantitative estimate of drug-likeness (QED) is 0.808. The molecule has 0 atom stereocenters. The summed E-state index contributed by atoms with van der Waals surface area (Å²) in [7, 11) is -3.83. The van der Waals surface area contributed by atoms with Crippen LogP contribution < -0.4 is 10.5 Å². The maximum atomic E-state index is 13.6. The maximum Gasteiger partial charge on any atom is 0.419 e. The first-order valence-corrected chi connectivity index (χ1v) is 6.88. The van der Waals surface area contributed by atoms with E-state index in [0.29, 0.717) is 6.07 Å². The van der Waals surface area contributed by atoms with Crippen molar-refractivity contribution < 1.29 is 30.8 Å². The lowest BCUT2D eigenvalue weighted by Gasteiger charge is -2.11. The number of nitrogens with two attached hydrogens (primary N) is 1. The topological polar surface area (TPSA) is 89.3 Å². The SMILES string of the molecule is NS(=O)(=O)CCNC(=O)c1cccc(C(F)(F)F)c1F. The molecule has 10 heteroatoms. The molecule has 0 fully saturated rings. The Morgan fingerprint density at radius 2 is 1.90 bits per heavy atom. The van der Waals surface area contributed by atoms with Crippen molar-refractivity contribution in [2.24, 2.45) is 5.14 Å². The number of alkyl halides is 3. The van der Waals surface area contributed by atoms with Crippen LogP contribution in [0.4, 0.5) is 17.6 Å². The van der Waals surface area contributed by atoms with Crippen molar-refractivity contribution in [1.29, 1.82) is 0 Å². The van der Waals surface area contributed by atoms with Crippen LogP contribution in [0, 0.1) is 5.82 Å². The minimum absolute atomic E-state index is 0.437. The van der Waals surface area contributed by atoms with E-state index in [1.165, 1.54) is 0 Å². The molecule has 0 heterocycles. The van der Waals surface area contributed by atoms with Crippen LogP contribution in [0.3, 0.4) is 0 Å². The molecule has 1 rings (SSSR count). The van der Waals surface area contributed by atoms with E-state index in [2.05, 4.69) is 5.14 Å². The smallest absolute Gasteiger partial charge is 0.351 e. The lowest BCUT2D eigenvalue weighted by molar-refractivity contribution is -0.140. The third-order valence-electron chi connectivity index (χ3n) is 2.22. The zero-order chi connectivity index (χ0) is 15.6. The van der Waals surface area contributed by atoms with Gasteiger partial charge in [-0.15, -0.1) is 0 Å². The van der Waals surface area contributed by atoms with Gasteiger partial charge in [-0.2, -0.15) is 13.2 Å². The zero-order valence-electron chi connectivity index (χ0n) is 9.87. The van der Waals surface area contributed by atoms with E-state index in [0.717, 1.165) is 12.1 Å². The van der Waals surface area contributed by atoms with E-state index in [1.54, 1.807) is 0 Å². The van der Waals surface area contributed by atoms with Gasteiger partial charge in [0.25, 0.3) is 5.91 Å². The second kappa shape index (κ2) is 5.75. The summed E-state index contributed by atoms with van der Waals surface area (Å²) in [6.45, 7) is -0.437. The van der Waals surface area contributed by atoms with Crippen LogP contribution in [0.5, 0.6) is 0 Å². The number of hydrogen-bond donors (Lipinski definition) is 2. The molecule has 0 aliphatic rings. The highest BCUT2D eigenvalue weighted by Crippen LogP contribution is 2.32. The summed E-state index contributed by atoms with van der Waals surface area (Å²) >= 11 is 0. The molecule has 0 radical (unpaired) electrons. The maximum absolute atomic E-state index is 13.6. The van der Waals surface area contributed by atoms with Crippen LogP contribution in [0.15, 0.2) is 18.2 Å². The van der Waals surface area contributed by atoms with Gasteiger partial charge in [-0.05, 0) is 12.1 Å². The van der Waals surface area contributed by atoms with Gasteiger partial charge in [0.15, 0.2) is 0 Å². The van der Waals surface area contributed by atoms with Crippen LogP contribution in [-0.4, -0.2) is 26.6 Å². The summed E-state index contributed by atoms with van der Waals surface area (Å²) in [5.41, 5.74) is -2.40. The number of primary sulfonamides is 1. The molecule has 0 aliphatic heterocycles. The molecule has 0 aromatic heterocycles. The minimum atomic E-state index is -4.93. The molecular formula is C10H10F4N2O3S. The third-order valence-corrected chi connectivity index (χ3v) is 2.99. The molecule has 0 saturated heterocycles. The Bertz CT molecular complexity index is 613. The van der Waals surface area contributed by atoms with Gasteiger partial charge in [0.2, 0.25) is 10.0 Å². The molecule has 0 aliphatic carbocycles. The number of carbonyl (C=O) groups excluding carboxylic acids is 1.